The molecule has 0 heterocycles. The van der Waals surface area contributed by atoms with Crippen LogP contribution in [0.1, 0.15) is 72.1 Å². The molecule has 0 aliphatic heterocycles. The molecule has 4 N–H and O–H groups in total. The summed E-state index contributed by atoms with van der Waals surface area (Å²) in [6.45, 7) is 6.57. The third-order valence-electron chi connectivity index (χ3n) is 5.76. The van der Waals surface area contributed by atoms with Crippen molar-refractivity contribution in [3.05, 3.63) is 23.8 Å². The summed E-state index contributed by atoms with van der Waals surface area (Å²) in [4.78, 5) is 24.1. The van der Waals surface area contributed by atoms with E-state index in [0.717, 1.165) is 31.3 Å². The van der Waals surface area contributed by atoms with Crippen molar-refractivity contribution in [1.29, 1.82) is 0 Å². The van der Waals surface area contributed by atoms with Crippen LogP contribution in [0.4, 0.5) is 0 Å². The summed E-state index contributed by atoms with van der Waals surface area (Å²) in [6.07, 6.45) is 10.9. The summed E-state index contributed by atoms with van der Waals surface area (Å²) in [7, 11) is 0. The molecule has 1 saturated carbocycles. The fraction of sp³-hybridized carbons (Fsp3) is 0.727. The highest BCUT2D eigenvalue weighted by Gasteiger charge is 2.37. The van der Waals surface area contributed by atoms with E-state index in [-0.39, 0.29) is 24.9 Å². The van der Waals surface area contributed by atoms with Crippen molar-refractivity contribution in [3.63, 3.8) is 0 Å². The van der Waals surface area contributed by atoms with Gasteiger partial charge in [0.2, 0.25) is 5.91 Å². The van der Waals surface area contributed by atoms with E-state index >= 15 is 0 Å². The van der Waals surface area contributed by atoms with Crippen molar-refractivity contribution >= 4 is 11.9 Å². The molecule has 7 heteroatoms. The largest absolute Gasteiger partial charge is 0.461 e. The topological polar surface area (TPSA) is 108 Å². The van der Waals surface area contributed by atoms with Crippen molar-refractivity contribution in [3.8, 4) is 0 Å². The second-order valence-electron chi connectivity index (χ2n) is 9.05. The third kappa shape index (κ3) is 7.24. The summed E-state index contributed by atoms with van der Waals surface area (Å²) in [5.74, 6) is -0.374. The maximum absolute atomic E-state index is 12.9. The Labute approximate surface area is 173 Å². The van der Waals surface area contributed by atoms with Gasteiger partial charge in [-0.05, 0) is 63.4 Å². The Balaban J connectivity index is 1.92. The summed E-state index contributed by atoms with van der Waals surface area (Å²) < 4.78 is 5.78. The van der Waals surface area contributed by atoms with Gasteiger partial charge < -0.3 is 9.84 Å². The van der Waals surface area contributed by atoms with Gasteiger partial charge in [0, 0.05) is 13.0 Å². The Hall–Kier alpha value is -1.70. The van der Waals surface area contributed by atoms with Crippen LogP contribution in [0.15, 0.2) is 23.8 Å². The summed E-state index contributed by atoms with van der Waals surface area (Å²) in [6, 6.07) is 0. The Kier molecular flexibility index (Phi) is 8.43. The fourth-order valence-corrected chi connectivity index (χ4v) is 4.04. The number of hydrogen-bond acceptors (Lipinski definition) is 6. The van der Waals surface area contributed by atoms with Crippen molar-refractivity contribution < 1.29 is 24.6 Å². The Morgan fingerprint density at radius 1 is 1.34 bits per heavy atom. The van der Waals surface area contributed by atoms with Crippen molar-refractivity contribution in [1.82, 2.24) is 10.8 Å². The highest BCUT2D eigenvalue weighted by atomic mass is 16.5. The van der Waals surface area contributed by atoms with Crippen LogP contribution >= 0.6 is 0 Å². The number of hydroxylamine groups is 1. The number of carbonyl (C=O) groups is 2. The molecule has 2 aliphatic rings. The maximum Gasteiger partial charge on any atom is 0.326 e. The molecular formula is C22H36N2O5. The fourth-order valence-electron chi connectivity index (χ4n) is 4.04. The van der Waals surface area contributed by atoms with Gasteiger partial charge in [-0.3, -0.25) is 20.1 Å². The number of esters is 1. The number of nitrogens with one attached hydrogen (secondary N) is 2. The molecule has 164 valence electrons. The van der Waals surface area contributed by atoms with Gasteiger partial charge in [-0.25, -0.2) is 5.48 Å². The Morgan fingerprint density at radius 3 is 2.59 bits per heavy atom. The molecular weight excluding hydrogens is 372 g/mol. The molecule has 2 unspecified atom stereocenters. The molecule has 0 aromatic rings. The predicted octanol–water partition coefficient (Wildman–Crippen LogP) is 2.77. The number of amides is 1. The van der Waals surface area contributed by atoms with E-state index in [1.807, 2.05) is 19.1 Å². The first-order valence-corrected chi connectivity index (χ1v) is 10.7. The maximum atomic E-state index is 12.9. The lowest BCUT2D eigenvalue weighted by Crippen LogP contribution is -2.52. The van der Waals surface area contributed by atoms with Gasteiger partial charge in [0.05, 0.1) is 5.60 Å². The van der Waals surface area contributed by atoms with E-state index in [4.69, 9.17) is 9.94 Å². The molecule has 29 heavy (non-hydrogen) atoms. The molecule has 0 saturated heterocycles. The first kappa shape index (κ1) is 23.6. The van der Waals surface area contributed by atoms with Crippen LogP contribution in [-0.2, 0) is 14.3 Å². The minimum atomic E-state index is -1.10. The first-order chi connectivity index (χ1) is 13.7. The normalized spacial score (nSPS) is 24.3. The predicted molar refractivity (Wildman–Crippen MR) is 110 cm³/mol. The molecule has 1 fully saturated rings. The smallest absolute Gasteiger partial charge is 0.326 e. The van der Waals surface area contributed by atoms with Gasteiger partial charge in [0.15, 0.2) is 0 Å². The van der Waals surface area contributed by atoms with E-state index in [9.17, 15) is 14.7 Å². The van der Waals surface area contributed by atoms with Crippen LogP contribution in [0.3, 0.4) is 0 Å². The minimum absolute atomic E-state index is 0.0377. The molecule has 2 rings (SSSR count). The van der Waals surface area contributed by atoms with Crippen LogP contribution in [0.2, 0.25) is 0 Å². The summed E-state index contributed by atoms with van der Waals surface area (Å²) in [5, 5.41) is 22.5. The quantitative estimate of drug-likeness (QED) is 0.251. The number of hydrogen-bond donors (Lipinski definition) is 4. The lowest BCUT2D eigenvalue weighted by molar-refractivity contribution is -0.157. The number of ether oxygens (including phenoxy) is 1. The molecule has 0 aromatic heterocycles. The number of carbonyl (C=O) groups excluding carboxylic acids is 2. The molecule has 0 aromatic carbocycles. The van der Waals surface area contributed by atoms with Crippen LogP contribution in [-0.4, -0.2) is 46.0 Å². The Morgan fingerprint density at radius 2 is 2.03 bits per heavy atom. The van der Waals surface area contributed by atoms with E-state index in [0.29, 0.717) is 25.3 Å². The van der Waals surface area contributed by atoms with Crippen molar-refractivity contribution in [2.24, 2.45) is 5.92 Å². The van der Waals surface area contributed by atoms with Gasteiger partial charge >= 0.3 is 5.97 Å². The second kappa shape index (κ2) is 10.4. The zero-order valence-corrected chi connectivity index (χ0v) is 17.9. The van der Waals surface area contributed by atoms with Crippen LogP contribution in [0.25, 0.3) is 0 Å². The van der Waals surface area contributed by atoms with Gasteiger partial charge in [-0.15, -0.1) is 0 Å². The van der Waals surface area contributed by atoms with Gasteiger partial charge in [-0.2, -0.15) is 0 Å². The zero-order chi connectivity index (χ0) is 21.5. The van der Waals surface area contributed by atoms with E-state index < -0.39 is 17.0 Å². The molecule has 1 amide bonds. The van der Waals surface area contributed by atoms with Gasteiger partial charge in [0.25, 0.3) is 0 Å². The van der Waals surface area contributed by atoms with Crippen molar-refractivity contribution in [2.45, 2.75) is 89.4 Å². The van der Waals surface area contributed by atoms with E-state index in [1.54, 1.807) is 11.6 Å². The second-order valence-corrected chi connectivity index (χ2v) is 9.05. The highest BCUT2D eigenvalue weighted by molar-refractivity contribution is 5.80. The van der Waals surface area contributed by atoms with Crippen LogP contribution in [0, 0.1) is 5.92 Å². The summed E-state index contributed by atoms with van der Waals surface area (Å²) in [5.41, 5.74) is 0.689. The zero-order valence-electron chi connectivity index (χ0n) is 17.9. The average molecular weight is 409 g/mol. The molecule has 0 radical (unpaired) electrons. The molecule has 2 atom stereocenters. The van der Waals surface area contributed by atoms with E-state index in [2.05, 4.69) is 19.2 Å². The third-order valence-corrected chi connectivity index (χ3v) is 5.76. The van der Waals surface area contributed by atoms with Gasteiger partial charge in [0.1, 0.15) is 11.6 Å². The van der Waals surface area contributed by atoms with E-state index in [1.165, 1.54) is 0 Å². The summed E-state index contributed by atoms with van der Waals surface area (Å²) >= 11 is 0. The van der Waals surface area contributed by atoms with Crippen LogP contribution in [0.5, 0.6) is 0 Å². The Bertz CT molecular complexity index is 639. The highest BCUT2D eigenvalue weighted by Crippen LogP contribution is 2.28. The minimum Gasteiger partial charge on any atom is -0.461 e. The standard InChI is InChI=1S/C22H36N2O5/c1-16(2)14-21(3,20(26)29-18-6-4-5-7-18)23-15-17-8-11-22(27,12-9-17)13-10-19(25)24-28/h8-9,11,16,18,23,27-28H,4-7,10,12-15H2,1-3H3,(H,24,25). The molecule has 0 bridgehead atoms. The number of aliphatic hydroxyl groups is 1. The number of rotatable bonds is 10. The van der Waals surface area contributed by atoms with Gasteiger partial charge in [-0.1, -0.05) is 32.1 Å². The first-order valence-electron chi connectivity index (χ1n) is 10.7. The SMILES string of the molecule is CC(C)CC(C)(NCC1=CCC(O)(CCC(=O)NO)C=C1)C(=O)OC1CCCC1. The molecule has 7 nitrogen and oxygen atoms in total. The lowest BCUT2D eigenvalue weighted by Gasteiger charge is -2.33. The lowest BCUT2D eigenvalue weighted by atomic mass is 9.87. The molecule has 0 spiro atoms. The monoisotopic (exact) mass is 408 g/mol. The average Bonchev–Trinajstić information content (AvgIpc) is 3.18. The van der Waals surface area contributed by atoms with Crippen molar-refractivity contribution in [2.75, 3.05) is 6.54 Å². The molecule has 2 aliphatic carbocycles. The van der Waals surface area contributed by atoms with Crippen LogP contribution < -0.4 is 10.8 Å².